The van der Waals surface area contributed by atoms with Crippen molar-refractivity contribution in [1.82, 2.24) is 14.9 Å². The lowest BCUT2D eigenvalue weighted by Crippen LogP contribution is -2.45. The Labute approximate surface area is 189 Å². The van der Waals surface area contributed by atoms with Crippen LogP contribution in [-0.2, 0) is 11.3 Å². The lowest BCUT2D eigenvalue weighted by Gasteiger charge is -2.32. The molecule has 2 heterocycles. The van der Waals surface area contributed by atoms with E-state index in [1.165, 1.54) is 5.56 Å². The van der Waals surface area contributed by atoms with Crippen LogP contribution in [0.4, 0.5) is 5.82 Å². The van der Waals surface area contributed by atoms with Crippen LogP contribution in [0.3, 0.4) is 0 Å². The first kappa shape index (κ1) is 22.1. The molecular weight excluding hydrogens is 400 g/mol. The summed E-state index contributed by atoms with van der Waals surface area (Å²) in [6.45, 7) is 6.64. The summed E-state index contributed by atoms with van der Waals surface area (Å²) < 4.78 is 1.81. The van der Waals surface area contributed by atoms with E-state index in [0.29, 0.717) is 25.5 Å². The molecule has 1 atom stereocenters. The van der Waals surface area contributed by atoms with Gasteiger partial charge in [0.15, 0.2) is 5.82 Å². The third-order valence-electron chi connectivity index (χ3n) is 6.22. The number of unbranched alkanes of at least 4 members (excludes halogenated alkanes) is 1. The highest BCUT2D eigenvalue weighted by atomic mass is 16.2. The fourth-order valence-corrected chi connectivity index (χ4v) is 4.33. The standard InChI is InChI=1S/C26H32N4O2/c1-3-4-15-27-25(31)21-8-7-16-29(18-21)24-26(32)30(17-20-13-11-19(2)12-14-20)23-10-6-5-9-22(23)28-24/h5-6,9-14,21H,3-4,7-8,15-18H2,1-2H3,(H,27,31). The summed E-state index contributed by atoms with van der Waals surface area (Å²) in [6, 6.07) is 16.0. The van der Waals surface area contributed by atoms with Crippen molar-refractivity contribution in [3.8, 4) is 0 Å². The van der Waals surface area contributed by atoms with Gasteiger partial charge in [-0.2, -0.15) is 0 Å². The van der Waals surface area contributed by atoms with Gasteiger partial charge < -0.3 is 10.2 Å². The second-order valence-corrected chi connectivity index (χ2v) is 8.73. The highest BCUT2D eigenvalue weighted by Crippen LogP contribution is 2.22. The second-order valence-electron chi connectivity index (χ2n) is 8.73. The third kappa shape index (κ3) is 4.85. The summed E-state index contributed by atoms with van der Waals surface area (Å²) >= 11 is 0. The van der Waals surface area contributed by atoms with Crippen LogP contribution in [0.2, 0.25) is 0 Å². The first-order valence-corrected chi connectivity index (χ1v) is 11.6. The zero-order chi connectivity index (χ0) is 22.5. The molecule has 1 saturated heterocycles. The van der Waals surface area contributed by atoms with Gasteiger partial charge in [0.05, 0.1) is 23.5 Å². The number of amides is 1. The van der Waals surface area contributed by atoms with Gasteiger partial charge in [-0.05, 0) is 43.9 Å². The second kappa shape index (κ2) is 9.98. The number of nitrogens with zero attached hydrogens (tertiary/aromatic N) is 3. The Hall–Kier alpha value is -3.15. The minimum Gasteiger partial charge on any atom is -0.356 e. The molecule has 168 valence electrons. The minimum absolute atomic E-state index is 0.0870. The molecule has 1 aliphatic heterocycles. The number of benzene rings is 2. The topological polar surface area (TPSA) is 67.2 Å². The van der Waals surface area contributed by atoms with E-state index in [1.807, 2.05) is 33.7 Å². The Morgan fingerprint density at radius 3 is 2.72 bits per heavy atom. The molecule has 0 spiro atoms. The number of hydrogen-bond acceptors (Lipinski definition) is 4. The highest BCUT2D eigenvalue weighted by molar-refractivity contribution is 5.80. The van der Waals surface area contributed by atoms with E-state index in [-0.39, 0.29) is 17.4 Å². The van der Waals surface area contributed by atoms with Gasteiger partial charge in [0.1, 0.15) is 0 Å². The smallest absolute Gasteiger partial charge is 0.294 e. The number of nitrogens with one attached hydrogen (secondary N) is 1. The van der Waals surface area contributed by atoms with Gasteiger partial charge in [-0.1, -0.05) is 55.3 Å². The summed E-state index contributed by atoms with van der Waals surface area (Å²) in [5.41, 5.74) is 3.79. The number of piperidine rings is 1. The number of fused-ring (bicyclic) bond motifs is 1. The molecule has 2 aromatic carbocycles. The molecule has 6 nitrogen and oxygen atoms in total. The molecule has 1 aliphatic rings. The van der Waals surface area contributed by atoms with Gasteiger partial charge in [-0.25, -0.2) is 4.98 Å². The lowest BCUT2D eigenvalue weighted by molar-refractivity contribution is -0.125. The average molecular weight is 433 g/mol. The highest BCUT2D eigenvalue weighted by Gasteiger charge is 2.28. The number of aromatic nitrogens is 2. The number of aryl methyl sites for hydroxylation is 1. The van der Waals surface area contributed by atoms with Crippen molar-refractivity contribution < 1.29 is 4.79 Å². The van der Waals surface area contributed by atoms with E-state index in [2.05, 4.69) is 43.4 Å². The maximum atomic E-state index is 13.6. The first-order chi connectivity index (χ1) is 15.6. The van der Waals surface area contributed by atoms with Crippen molar-refractivity contribution in [2.24, 2.45) is 5.92 Å². The normalized spacial score (nSPS) is 16.3. The summed E-state index contributed by atoms with van der Waals surface area (Å²) in [5.74, 6) is 0.421. The first-order valence-electron chi connectivity index (χ1n) is 11.6. The predicted molar refractivity (Wildman–Crippen MR) is 129 cm³/mol. The van der Waals surface area contributed by atoms with Crippen molar-refractivity contribution in [3.63, 3.8) is 0 Å². The summed E-state index contributed by atoms with van der Waals surface area (Å²) in [7, 11) is 0. The molecule has 0 saturated carbocycles. The zero-order valence-electron chi connectivity index (χ0n) is 19.0. The van der Waals surface area contributed by atoms with Crippen molar-refractivity contribution in [3.05, 3.63) is 70.0 Å². The van der Waals surface area contributed by atoms with Crippen LogP contribution >= 0.6 is 0 Å². The summed E-state index contributed by atoms with van der Waals surface area (Å²) in [5, 5.41) is 3.05. The lowest BCUT2D eigenvalue weighted by atomic mass is 9.97. The van der Waals surface area contributed by atoms with Crippen molar-refractivity contribution in [1.29, 1.82) is 0 Å². The van der Waals surface area contributed by atoms with E-state index < -0.39 is 0 Å². The average Bonchev–Trinajstić information content (AvgIpc) is 2.82. The molecule has 1 aromatic heterocycles. The number of para-hydroxylation sites is 2. The molecule has 32 heavy (non-hydrogen) atoms. The van der Waals surface area contributed by atoms with E-state index in [0.717, 1.165) is 48.8 Å². The van der Waals surface area contributed by atoms with Crippen LogP contribution in [0, 0.1) is 12.8 Å². The Bertz CT molecular complexity index is 1140. The molecule has 0 bridgehead atoms. The van der Waals surface area contributed by atoms with E-state index in [4.69, 9.17) is 4.98 Å². The monoisotopic (exact) mass is 432 g/mol. The van der Waals surface area contributed by atoms with Crippen LogP contribution in [-0.4, -0.2) is 35.1 Å². The minimum atomic E-state index is -0.112. The van der Waals surface area contributed by atoms with Gasteiger partial charge in [-0.3, -0.25) is 14.2 Å². The van der Waals surface area contributed by atoms with E-state index >= 15 is 0 Å². The maximum absolute atomic E-state index is 13.6. The molecule has 1 N–H and O–H groups in total. The van der Waals surface area contributed by atoms with E-state index in [9.17, 15) is 9.59 Å². The molecule has 1 unspecified atom stereocenters. The van der Waals surface area contributed by atoms with Gasteiger partial charge in [0.2, 0.25) is 5.91 Å². The molecule has 0 radical (unpaired) electrons. The van der Waals surface area contributed by atoms with Crippen molar-refractivity contribution in [2.75, 3.05) is 24.5 Å². The van der Waals surface area contributed by atoms with Gasteiger partial charge in [-0.15, -0.1) is 0 Å². The molecule has 6 heteroatoms. The Balaban J connectivity index is 1.65. The quantitative estimate of drug-likeness (QED) is 0.575. The van der Waals surface area contributed by atoms with Crippen LogP contribution in [0.5, 0.6) is 0 Å². The number of hydrogen-bond donors (Lipinski definition) is 1. The molecule has 3 aromatic rings. The fraction of sp³-hybridized carbons (Fsp3) is 0.423. The third-order valence-corrected chi connectivity index (χ3v) is 6.22. The zero-order valence-corrected chi connectivity index (χ0v) is 19.0. The number of carbonyl (C=O) groups is 1. The van der Waals surface area contributed by atoms with Crippen LogP contribution in [0.15, 0.2) is 53.3 Å². The molecular formula is C26H32N4O2. The summed E-state index contributed by atoms with van der Waals surface area (Å²) in [4.78, 5) is 33.0. The van der Waals surface area contributed by atoms with Gasteiger partial charge >= 0.3 is 0 Å². The van der Waals surface area contributed by atoms with Crippen LogP contribution in [0.25, 0.3) is 11.0 Å². The van der Waals surface area contributed by atoms with Crippen molar-refractivity contribution in [2.45, 2.75) is 46.1 Å². The number of anilines is 1. The SMILES string of the molecule is CCCCNC(=O)C1CCCN(c2nc3ccccc3n(Cc3ccc(C)cc3)c2=O)C1. The van der Waals surface area contributed by atoms with Crippen LogP contribution in [0.1, 0.15) is 43.7 Å². The van der Waals surface area contributed by atoms with Crippen molar-refractivity contribution >= 4 is 22.8 Å². The predicted octanol–water partition coefficient (Wildman–Crippen LogP) is 3.89. The van der Waals surface area contributed by atoms with Gasteiger partial charge in [0, 0.05) is 19.6 Å². The molecule has 0 aliphatic carbocycles. The fourth-order valence-electron chi connectivity index (χ4n) is 4.33. The molecule has 1 fully saturated rings. The largest absolute Gasteiger partial charge is 0.356 e. The van der Waals surface area contributed by atoms with Crippen LogP contribution < -0.4 is 15.8 Å². The Kier molecular flexibility index (Phi) is 6.88. The van der Waals surface area contributed by atoms with E-state index in [1.54, 1.807) is 0 Å². The number of carbonyl (C=O) groups excluding carboxylic acids is 1. The number of rotatable bonds is 7. The van der Waals surface area contributed by atoms with Gasteiger partial charge in [0.25, 0.3) is 5.56 Å². The Morgan fingerprint density at radius 2 is 1.94 bits per heavy atom. The molecule has 1 amide bonds. The summed E-state index contributed by atoms with van der Waals surface area (Å²) in [6.07, 6.45) is 3.76. The maximum Gasteiger partial charge on any atom is 0.294 e. The molecule has 4 rings (SSSR count). The Morgan fingerprint density at radius 1 is 1.16 bits per heavy atom.